The summed E-state index contributed by atoms with van der Waals surface area (Å²) >= 11 is 0. The highest BCUT2D eigenvalue weighted by Gasteiger charge is 2.26. The van der Waals surface area contributed by atoms with E-state index < -0.39 is 0 Å². The Labute approximate surface area is 190 Å². The van der Waals surface area contributed by atoms with Crippen molar-refractivity contribution in [3.05, 3.63) is 65.4 Å². The molecule has 0 spiro atoms. The Kier molecular flexibility index (Phi) is 5.73. The largest absolute Gasteiger partial charge is 0.368 e. The van der Waals surface area contributed by atoms with Crippen LogP contribution in [0, 0.1) is 13.8 Å². The molecule has 0 saturated carbocycles. The lowest BCUT2D eigenvalue weighted by Crippen LogP contribution is -2.49. The standard InChI is InChI=1S/C27H32N4O/c1-20-10-11-21(2)25(18-20)29-14-16-31(17-15-29)27(32)24-19-28-26(30-12-6-3-7-13-30)23-9-5-4-8-22(23)24/h4-5,8-11,18-19H,3,6-7,12-17H2,1-2H3. The van der Waals surface area contributed by atoms with Crippen LogP contribution >= 0.6 is 0 Å². The maximum Gasteiger partial charge on any atom is 0.256 e. The lowest BCUT2D eigenvalue weighted by atomic mass is 10.0. The first-order valence-corrected chi connectivity index (χ1v) is 11.9. The number of fused-ring (bicyclic) bond motifs is 1. The molecule has 1 amide bonds. The van der Waals surface area contributed by atoms with E-state index >= 15 is 0 Å². The quantitative estimate of drug-likeness (QED) is 0.601. The number of aromatic nitrogens is 1. The molecule has 2 saturated heterocycles. The summed E-state index contributed by atoms with van der Waals surface area (Å²) in [5.74, 6) is 1.12. The van der Waals surface area contributed by atoms with Gasteiger partial charge in [-0.2, -0.15) is 0 Å². The Morgan fingerprint density at radius 2 is 1.53 bits per heavy atom. The number of hydrogen-bond donors (Lipinski definition) is 0. The smallest absolute Gasteiger partial charge is 0.256 e. The summed E-state index contributed by atoms with van der Waals surface area (Å²) in [6.07, 6.45) is 5.52. The minimum absolute atomic E-state index is 0.0968. The van der Waals surface area contributed by atoms with Gasteiger partial charge < -0.3 is 14.7 Å². The average Bonchev–Trinajstić information content (AvgIpc) is 2.85. The molecular weight excluding hydrogens is 396 g/mol. The van der Waals surface area contributed by atoms with Gasteiger partial charge in [0.1, 0.15) is 5.82 Å². The molecule has 3 heterocycles. The predicted molar refractivity (Wildman–Crippen MR) is 132 cm³/mol. The van der Waals surface area contributed by atoms with E-state index in [-0.39, 0.29) is 5.91 Å². The molecule has 2 aliphatic heterocycles. The van der Waals surface area contributed by atoms with E-state index in [0.717, 1.165) is 61.4 Å². The van der Waals surface area contributed by atoms with Gasteiger partial charge >= 0.3 is 0 Å². The highest BCUT2D eigenvalue weighted by Crippen LogP contribution is 2.30. The number of pyridine rings is 1. The Morgan fingerprint density at radius 3 is 2.28 bits per heavy atom. The first kappa shape index (κ1) is 20.8. The number of piperazine rings is 1. The monoisotopic (exact) mass is 428 g/mol. The summed E-state index contributed by atoms with van der Waals surface area (Å²) in [7, 11) is 0. The van der Waals surface area contributed by atoms with Crippen LogP contribution in [0.1, 0.15) is 40.7 Å². The molecule has 2 aliphatic rings. The molecule has 1 aromatic heterocycles. The van der Waals surface area contributed by atoms with Gasteiger partial charge in [-0.1, -0.05) is 36.4 Å². The Morgan fingerprint density at radius 1 is 0.812 bits per heavy atom. The summed E-state index contributed by atoms with van der Waals surface area (Å²) in [6, 6.07) is 14.9. The number of carbonyl (C=O) groups is 1. The minimum Gasteiger partial charge on any atom is -0.368 e. The van der Waals surface area contributed by atoms with E-state index in [9.17, 15) is 4.79 Å². The molecule has 0 bridgehead atoms. The number of amides is 1. The zero-order valence-corrected chi connectivity index (χ0v) is 19.2. The van der Waals surface area contributed by atoms with E-state index in [1.54, 1.807) is 0 Å². The second-order valence-corrected chi connectivity index (χ2v) is 9.16. The summed E-state index contributed by atoms with van der Waals surface area (Å²) in [5, 5.41) is 2.11. The zero-order chi connectivity index (χ0) is 22.1. The van der Waals surface area contributed by atoms with Crippen molar-refractivity contribution in [1.82, 2.24) is 9.88 Å². The van der Waals surface area contributed by atoms with E-state index in [2.05, 4.69) is 60.0 Å². The number of benzene rings is 2. The minimum atomic E-state index is 0.0968. The number of piperidine rings is 1. The van der Waals surface area contributed by atoms with Crippen molar-refractivity contribution in [1.29, 1.82) is 0 Å². The maximum absolute atomic E-state index is 13.5. The third-order valence-corrected chi connectivity index (χ3v) is 6.93. The molecule has 32 heavy (non-hydrogen) atoms. The van der Waals surface area contributed by atoms with Gasteiger partial charge in [0.25, 0.3) is 5.91 Å². The number of rotatable bonds is 3. The van der Waals surface area contributed by atoms with Crippen molar-refractivity contribution in [3.63, 3.8) is 0 Å². The number of carbonyl (C=O) groups excluding carboxylic acids is 1. The Bertz CT molecular complexity index is 1130. The lowest BCUT2D eigenvalue weighted by molar-refractivity contribution is 0.0748. The van der Waals surface area contributed by atoms with Gasteiger partial charge in [0.15, 0.2) is 0 Å². The normalized spacial score (nSPS) is 17.1. The fraction of sp³-hybridized carbons (Fsp3) is 0.407. The number of anilines is 2. The van der Waals surface area contributed by atoms with E-state index in [1.807, 2.05) is 17.2 Å². The van der Waals surface area contributed by atoms with Gasteiger partial charge in [-0.15, -0.1) is 0 Å². The van der Waals surface area contributed by atoms with Crippen LogP contribution in [-0.4, -0.2) is 55.1 Å². The second-order valence-electron chi connectivity index (χ2n) is 9.16. The average molecular weight is 429 g/mol. The third kappa shape index (κ3) is 3.92. The summed E-state index contributed by atoms with van der Waals surface area (Å²) in [5.41, 5.74) is 4.57. The van der Waals surface area contributed by atoms with Gasteiger partial charge in [-0.3, -0.25) is 4.79 Å². The van der Waals surface area contributed by atoms with E-state index in [0.29, 0.717) is 0 Å². The molecule has 0 N–H and O–H groups in total. The highest BCUT2D eigenvalue weighted by atomic mass is 16.2. The molecule has 166 valence electrons. The number of nitrogens with zero attached hydrogens (tertiary/aromatic N) is 4. The van der Waals surface area contributed by atoms with Crippen molar-refractivity contribution in [2.24, 2.45) is 0 Å². The molecule has 5 heteroatoms. The van der Waals surface area contributed by atoms with E-state index in [1.165, 1.54) is 36.1 Å². The molecule has 2 aromatic carbocycles. The van der Waals surface area contributed by atoms with Crippen LogP contribution in [0.15, 0.2) is 48.7 Å². The molecule has 5 nitrogen and oxygen atoms in total. The lowest BCUT2D eigenvalue weighted by Gasteiger charge is -2.37. The Hall–Kier alpha value is -3.08. The van der Waals surface area contributed by atoms with Crippen LogP contribution in [0.2, 0.25) is 0 Å². The molecule has 2 fully saturated rings. The zero-order valence-electron chi connectivity index (χ0n) is 19.2. The molecule has 0 radical (unpaired) electrons. The van der Waals surface area contributed by atoms with Gasteiger partial charge in [-0.25, -0.2) is 4.98 Å². The van der Waals surface area contributed by atoms with Gasteiger partial charge in [0.05, 0.1) is 5.56 Å². The molecule has 0 unspecified atom stereocenters. The van der Waals surface area contributed by atoms with Crippen molar-refractivity contribution in [2.45, 2.75) is 33.1 Å². The van der Waals surface area contributed by atoms with Crippen molar-refractivity contribution in [3.8, 4) is 0 Å². The fourth-order valence-corrected chi connectivity index (χ4v) is 5.09. The van der Waals surface area contributed by atoms with Gasteiger partial charge in [0, 0.05) is 56.5 Å². The van der Waals surface area contributed by atoms with Crippen molar-refractivity contribution in [2.75, 3.05) is 49.1 Å². The van der Waals surface area contributed by atoms with Crippen molar-refractivity contribution >= 4 is 28.2 Å². The van der Waals surface area contributed by atoms with E-state index in [4.69, 9.17) is 4.98 Å². The van der Waals surface area contributed by atoms with Crippen LogP contribution in [-0.2, 0) is 0 Å². The van der Waals surface area contributed by atoms with Crippen LogP contribution in [0.5, 0.6) is 0 Å². The first-order chi connectivity index (χ1) is 15.6. The summed E-state index contributed by atoms with van der Waals surface area (Å²) in [4.78, 5) is 25.1. The van der Waals surface area contributed by atoms with Crippen LogP contribution in [0.3, 0.4) is 0 Å². The molecule has 0 aliphatic carbocycles. The van der Waals surface area contributed by atoms with Crippen LogP contribution in [0.25, 0.3) is 10.8 Å². The van der Waals surface area contributed by atoms with Gasteiger partial charge in [-0.05, 0) is 55.7 Å². The van der Waals surface area contributed by atoms with Crippen LogP contribution < -0.4 is 9.80 Å². The molecule has 5 rings (SSSR count). The van der Waals surface area contributed by atoms with Crippen molar-refractivity contribution < 1.29 is 4.79 Å². The second kappa shape index (κ2) is 8.81. The maximum atomic E-state index is 13.5. The SMILES string of the molecule is Cc1ccc(C)c(N2CCN(C(=O)c3cnc(N4CCCCC4)c4ccccc34)CC2)c1. The fourth-order valence-electron chi connectivity index (χ4n) is 5.09. The van der Waals surface area contributed by atoms with Gasteiger partial charge in [0.2, 0.25) is 0 Å². The number of hydrogen-bond acceptors (Lipinski definition) is 4. The summed E-state index contributed by atoms with van der Waals surface area (Å²) < 4.78 is 0. The number of aryl methyl sites for hydroxylation is 2. The molecule has 0 atom stereocenters. The molecular formula is C27H32N4O. The first-order valence-electron chi connectivity index (χ1n) is 11.9. The predicted octanol–water partition coefficient (Wildman–Crippen LogP) is 4.80. The molecule has 3 aromatic rings. The Balaban J connectivity index is 1.37. The highest BCUT2D eigenvalue weighted by molar-refractivity contribution is 6.09. The third-order valence-electron chi connectivity index (χ3n) is 6.93. The topological polar surface area (TPSA) is 39.7 Å². The van der Waals surface area contributed by atoms with Crippen LogP contribution in [0.4, 0.5) is 11.5 Å². The summed E-state index contributed by atoms with van der Waals surface area (Å²) in [6.45, 7) is 9.56.